The summed E-state index contributed by atoms with van der Waals surface area (Å²) >= 11 is -0.397. The summed E-state index contributed by atoms with van der Waals surface area (Å²) in [6, 6.07) is 9.93. The zero-order chi connectivity index (χ0) is 12.4. The number of carboxylic acids is 1. The minimum Gasteiger partial charge on any atom is -0.402 e. The third-order valence-corrected chi connectivity index (χ3v) is 2.81. The molecule has 1 aromatic carbocycles. The van der Waals surface area contributed by atoms with Gasteiger partial charge in [-0.05, 0) is 0 Å². The average molecular weight is 258 g/mol. The van der Waals surface area contributed by atoms with Crippen molar-refractivity contribution in [2.75, 3.05) is 0 Å². The molecule has 0 spiro atoms. The second-order valence-corrected chi connectivity index (χ2v) is 4.40. The Morgan fingerprint density at radius 2 is 1.69 bits per heavy atom. The molecule has 0 aromatic heterocycles. The van der Waals surface area contributed by atoms with Crippen molar-refractivity contribution >= 4 is 17.2 Å². The fraction of sp³-hybridized carbons (Fsp3) is 0. The standard InChI is InChI=1S/C6H5.C3H3O2.BH3O3.Ti/c1-2-4-6-5-3-1;1-2-3(4)5;2-1(3)4;/h1-5H;1-2H,(H,4,5);2-4H;. The first-order chi connectivity index (χ1) is 7.52. The maximum absolute atomic E-state index is 10.1. The predicted molar refractivity (Wildman–Crippen MR) is 55.3 cm³/mol. The first kappa shape index (κ1) is 15.1. The van der Waals surface area contributed by atoms with E-state index in [2.05, 4.69) is 0 Å². The Bertz CT molecular complexity index is 325. The topological polar surface area (TPSA) is 98.0 Å². The number of hydrogen-bond donors (Lipinski definition) is 4. The van der Waals surface area contributed by atoms with Crippen LogP contribution in [0, 0.1) is 0 Å². The summed E-state index contributed by atoms with van der Waals surface area (Å²) in [5.41, 5.74) is 0. The number of hydrogen-bond acceptors (Lipinski definition) is 4. The van der Waals surface area contributed by atoms with Crippen LogP contribution in [-0.4, -0.2) is 33.5 Å². The average Bonchev–Trinajstić information content (AvgIpc) is 2.18. The predicted octanol–water partition coefficient (Wildman–Crippen LogP) is -1.06. The molecule has 0 heterocycles. The molecular formula is C9H11BO5Ti. The molecule has 16 heavy (non-hydrogen) atoms. The van der Waals surface area contributed by atoms with E-state index in [0.29, 0.717) is 0 Å². The van der Waals surface area contributed by atoms with E-state index >= 15 is 0 Å². The summed E-state index contributed by atoms with van der Waals surface area (Å²) in [5, 5.41) is 29.8. The van der Waals surface area contributed by atoms with Crippen LogP contribution in [0.5, 0.6) is 0 Å². The van der Waals surface area contributed by atoms with E-state index in [1.165, 1.54) is 9.94 Å². The van der Waals surface area contributed by atoms with Crippen LogP contribution >= 0.6 is 0 Å². The summed E-state index contributed by atoms with van der Waals surface area (Å²) in [7, 11) is -2.17. The quantitative estimate of drug-likeness (QED) is 0.409. The van der Waals surface area contributed by atoms with E-state index in [4.69, 9.17) is 20.2 Å². The van der Waals surface area contributed by atoms with Crippen LogP contribution in [0.4, 0.5) is 0 Å². The van der Waals surface area contributed by atoms with E-state index in [9.17, 15) is 4.79 Å². The number of rotatable bonds is 3. The molecular weight excluding hydrogens is 247 g/mol. The molecule has 7 heteroatoms. The summed E-state index contributed by atoms with van der Waals surface area (Å²) in [5.74, 6) is -0.866. The molecule has 5 nitrogen and oxygen atoms in total. The number of aliphatic carboxylic acids is 1. The van der Waals surface area contributed by atoms with Crippen LogP contribution in [0.15, 0.2) is 40.8 Å². The molecule has 0 saturated carbocycles. The van der Waals surface area contributed by atoms with Crippen LogP contribution in [0.1, 0.15) is 0 Å². The van der Waals surface area contributed by atoms with Gasteiger partial charge in [-0.15, -0.1) is 0 Å². The SMILES string of the molecule is O=C(O)C=[CH][Ti][c]1ccccc1.OB(O)O. The molecule has 0 fully saturated rings. The fourth-order valence-corrected chi connectivity index (χ4v) is 2.00. The van der Waals surface area contributed by atoms with Crippen molar-refractivity contribution in [1.29, 1.82) is 0 Å². The van der Waals surface area contributed by atoms with Gasteiger partial charge in [-0.3, -0.25) is 0 Å². The van der Waals surface area contributed by atoms with Gasteiger partial charge in [-0.2, -0.15) is 0 Å². The molecule has 0 unspecified atom stereocenters. The second-order valence-electron chi connectivity index (χ2n) is 2.53. The smallest absolute Gasteiger partial charge is 0.402 e. The van der Waals surface area contributed by atoms with Crippen LogP contribution in [0.3, 0.4) is 0 Å². The molecule has 0 radical (unpaired) electrons. The summed E-state index contributed by atoms with van der Waals surface area (Å²) in [6.45, 7) is 0. The van der Waals surface area contributed by atoms with Gasteiger partial charge < -0.3 is 15.1 Å². The third-order valence-electron chi connectivity index (χ3n) is 1.25. The molecule has 0 aliphatic heterocycles. The maximum Gasteiger partial charge on any atom is 0.631 e. The van der Waals surface area contributed by atoms with Gasteiger partial charge in [0.1, 0.15) is 0 Å². The van der Waals surface area contributed by atoms with Gasteiger partial charge in [0.2, 0.25) is 0 Å². The largest absolute Gasteiger partial charge is 0.631 e. The Kier molecular flexibility index (Phi) is 8.79. The molecule has 4 N–H and O–H groups in total. The molecule has 1 aromatic rings. The molecule has 0 amide bonds. The minimum absolute atomic E-state index is 0.397. The van der Waals surface area contributed by atoms with Crippen molar-refractivity contribution in [3.63, 3.8) is 0 Å². The number of carbonyl (C=O) groups is 1. The van der Waals surface area contributed by atoms with Crippen molar-refractivity contribution in [2.45, 2.75) is 0 Å². The van der Waals surface area contributed by atoms with Crippen molar-refractivity contribution < 1.29 is 44.1 Å². The van der Waals surface area contributed by atoms with Crippen molar-refractivity contribution in [3.05, 3.63) is 40.8 Å². The Morgan fingerprint density at radius 1 is 1.19 bits per heavy atom. The van der Waals surface area contributed by atoms with Crippen molar-refractivity contribution in [2.24, 2.45) is 0 Å². The zero-order valence-corrected chi connectivity index (χ0v) is 9.88. The number of carboxylic acid groups (broad SMARTS) is 1. The number of benzene rings is 1. The van der Waals surface area contributed by atoms with Crippen LogP contribution in [0.2, 0.25) is 0 Å². The van der Waals surface area contributed by atoms with Crippen LogP contribution in [0.25, 0.3) is 0 Å². The van der Waals surface area contributed by atoms with Crippen molar-refractivity contribution in [1.82, 2.24) is 0 Å². The molecule has 84 valence electrons. The van der Waals surface area contributed by atoms with Gasteiger partial charge in [-0.1, -0.05) is 0 Å². The Morgan fingerprint density at radius 3 is 2.12 bits per heavy atom. The monoisotopic (exact) mass is 258 g/mol. The van der Waals surface area contributed by atoms with Crippen molar-refractivity contribution in [3.8, 4) is 0 Å². The molecule has 0 saturated heterocycles. The Labute approximate surface area is 102 Å². The van der Waals surface area contributed by atoms with Gasteiger partial charge in [0.25, 0.3) is 0 Å². The fourth-order valence-electron chi connectivity index (χ4n) is 0.744. The zero-order valence-electron chi connectivity index (χ0n) is 8.32. The van der Waals surface area contributed by atoms with Gasteiger partial charge >= 0.3 is 87.0 Å². The second kappa shape index (κ2) is 9.32. The van der Waals surface area contributed by atoms with Gasteiger partial charge in [0.05, 0.1) is 0 Å². The third kappa shape index (κ3) is 11.2. The Balaban J connectivity index is 0.000000487. The van der Waals surface area contributed by atoms with Gasteiger partial charge in [0.15, 0.2) is 0 Å². The summed E-state index contributed by atoms with van der Waals surface area (Å²) in [6.07, 6.45) is 1.22. The molecule has 0 aliphatic rings. The van der Waals surface area contributed by atoms with Crippen LogP contribution in [-0.2, 0) is 23.9 Å². The molecule has 0 atom stereocenters. The summed E-state index contributed by atoms with van der Waals surface area (Å²) in [4.78, 5) is 10.1. The van der Waals surface area contributed by atoms with E-state index in [1.54, 1.807) is 4.38 Å². The van der Waals surface area contributed by atoms with Gasteiger partial charge in [-0.25, -0.2) is 0 Å². The first-order valence-corrected chi connectivity index (χ1v) is 5.96. The first-order valence-electron chi connectivity index (χ1n) is 4.27. The minimum atomic E-state index is -2.17. The Hall–Kier alpha value is -0.911. The van der Waals surface area contributed by atoms with E-state index in [0.717, 1.165) is 0 Å². The molecule has 0 aliphatic carbocycles. The molecule has 1 rings (SSSR count). The van der Waals surface area contributed by atoms with Crippen LogP contribution < -0.4 is 3.87 Å². The van der Waals surface area contributed by atoms with E-state index in [-0.39, 0.29) is 0 Å². The molecule has 0 bridgehead atoms. The van der Waals surface area contributed by atoms with E-state index < -0.39 is 32.4 Å². The van der Waals surface area contributed by atoms with Gasteiger partial charge in [0, 0.05) is 0 Å². The maximum atomic E-state index is 10.1. The normalized spacial score (nSPS) is 9.19. The summed E-state index contributed by atoms with van der Waals surface area (Å²) < 4.78 is 3.01. The van der Waals surface area contributed by atoms with E-state index in [1.807, 2.05) is 30.3 Å².